The lowest BCUT2D eigenvalue weighted by molar-refractivity contribution is -0.0209. The lowest BCUT2D eigenvalue weighted by Crippen LogP contribution is -2.02. The molecule has 0 aromatic rings. The predicted octanol–water partition coefficient (Wildman–Crippen LogP) is 4.86. The molecule has 0 saturated carbocycles. The molecule has 0 aromatic heterocycles. The predicted molar refractivity (Wildman–Crippen MR) is 104 cm³/mol. The molecule has 0 rings (SSSR count). The molecule has 0 bridgehead atoms. The molecule has 0 spiro atoms. The quantitative estimate of drug-likeness (QED) is 0.172. The largest absolute Gasteiger partial charge is 0.471 e. The van der Waals surface area contributed by atoms with E-state index in [1.54, 1.807) is 0 Å². The van der Waals surface area contributed by atoms with Crippen LogP contribution in [0.4, 0.5) is 0 Å². The number of hydrogen-bond acceptors (Lipinski definition) is 4. The summed E-state index contributed by atoms with van der Waals surface area (Å²) in [7, 11) is -4.47. The minimum Gasteiger partial charge on any atom is -0.368 e. The molecule has 0 fully saturated rings. The van der Waals surface area contributed by atoms with Crippen molar-refractivity contribution in [3.8, 4) is 0 Å². The van der Waals surface area contributed by atoms with Crippen LogP contribution in [0.3, 0.4) is 0 Å². The molecule has 0 heterocycles. The third-order valence-electron chi connectivity index (χ3n) is 3.85. The second-order valence-electron chi connectivity index (χ2n) is 6.58. The van der Waals surface area contributed by atoms with Crippen molar-refractivity contribution in [2.24, 2.45) is 5.73 Å². The summed E-state index contributed by atoms with van der Waals surface area (Å²) < 4.78 is 13.4. The van der Waals surface area contributed by atoms with E-state index < -0.39 is 14.1 Å². The van der Waals surface area contributed by atoms with Crippen molar-refractivity contribution in [3.63, 3.8) is 0 Å². The first kappa shape index (κ1) is 27.3. The lowest BCUT2D eigenvalue weighted by Gasteiger charge is -2.05. The fraction of sp³-hybridized carbons (Fsp3) is 1.00. The molecule has 0 saturated heterocycles. The third kappa shape index (κ3) is 32.2. The maximum atomic E-state index is 9.75. The number of phosphoric acid groups is 1. The van der Waals surface area contributed by atoms with Gasteiger partial charge < -0.3 is 20.6 Å². The van der Waals surface area contributed by atoms with Crippen LogP contribution in [-0.2, 0) is 9.09 Å². The summed E-state index contributed by atoms with van der Waals surface area (Å²) in [4.78, 5) is 15.8. The number of aliphatic hydroxyl groups is 1. The molecule has 6 nitrogen and oxygen atoms in total. The molecule has 0 amide bonds. The highest BCUT2D eigenvalue weighted by atomic mass is 31.2. The van der Waals surface area contributed by atoms with Crippen molar-refractivity contribution in [2.75, 3.05) is 6.54 Å². The molecule has 0 radical (unpaired) electrons. The van der Waals surface area contributed by atoms with Crippen LogP contribution in [0.5, 0.6) is 0 Å². The van der Waals surface area contributed by atoms with Crippen LogP contribution in [0.2, 0.25) is 0 Å². The van der Waals surface area contributed by atoms with Crippen molar-refractivity contribution in [1.29, 1.82) is 0 Å². The highest BCUT2D eigenvalue weighted by molar-refractivity contribution is 7.46. The van der Waals surface area contributed by atoms with Crippen LogP contribution < -0.4 is 5.73 Å². The van der Waals surface area contributed by atoms with Crippen LogP contribution in [0, 0.1) is 0 Å². The van der Waals surface area contributed by atoms with Crippen LogP contribution in [0.15, 0.2) is 0 Å². The molecule has 5 N–H and O–H groups in total. The van der Waals surface area contributed by atoms with Crippen LogP contribution in [-0.4, -0.2) is 27.7 Å². The van der Waals surface area contributed by atoms with E-state index >= 15 is 0 Å². The van der Waals surface area contributed by atoms with Gasteiger partial charge in [-0.1, -0.05) is 90.4 Å². The van der Waals surface area contributed by atoms with Crippen molar-refractivity contribution in [3.05, 3.63) is 0 Å². The van der Waals surface area contributed by atoms with Gasteiger partial charge in [0.15, 0.2) is 6.29 Å². The first-order chi connectivity index (χ1) is 11.8. The Morgan fingerprint density at radius 3 is 1.32 bits per heavy atom. The number of hydrogen-bond donors (Lipinski definition) is 4. The van der Waals surface area contributed by atoms with Crippen LogP contribution >= 0.6 is 7.82 Å². The summed E-state index contributed by atoms with van der Waals surface area (Å²) in [5.74, 6) is 0. The Balaban J connectivity index is 0. The molecule has 1 atom stereocenters. The summed E-state index contributed by atoms with van der Waals surface area (Å²) in [5, 5.41) is 8.17. The minimum absolute atomic E-state index is 0.873. The minimum atomic E-state index is -4.47. The second kappa shape index (κ2) is 20.3. The van der Waals surface area contributed by atoms with Crippen molar-refractivity contribution in [2.45, 2.75) is 110 Å². The number of aliphatic hydroxyl groups excluding tert-OH is 1. The van der Waals surface area contributed by atoms with E-state index in [1.165, 1.54) is 89.9 Å². The van der Waals surface area contributed by atoms with Crippen molar-refractivity contribution < 1.29 is 24.0 Å². The smallest absolute Gasteiger partial charge is 0.368 e. The Morgan fingerprint density at radius 1 is 0.800 bits per heavy atom. The summed E-state index contributed by atoms with van der Waals surface area (Å²) >= 11 is 0. The van der Waals surface area contributed by atoms with E-state index in [2.05, 4.69) is 11.4 Å². The van der Waals surface area contributed by atoms with Crippen molar-refractivity contribution >= 4 is 7.82 Å². The van der Waals surface area contributed by atoms with Crippen LogP contribution in [0.1, 0.15) is 104 Å². The SMILES string of the molecule is CC(O)OP(=O)(O)O.CCCCCCCCCCCCCCCCN. The normalized spacial score (nSPS) is 12.6. The monoisotopic (exact) mass is 383 g/mol. The third-order valence-corrected chi connectivity index (χ3v) is 4.43. The maximum Gasteiger partial charge on any atom is 0.471 e. The molecule has 0 aliphatic carbocycles. The molecule has 0 aliphatic heterocycles. The van der Waals surface area contributed by atoms with Gasteiger partial charge in [-0.3, -0.25) is 4.52 Å². The van der Waals surface area contributed by atoms with Gasteiger partial charge in [-0.15, -0.1) is 0 Å². The number of rotatable bonds is 16. The fourth-order valence-corrected chi connectivity index (χ4v) is 2.94. The van der Waals surface area contributed by atoms with E-state index in [0.717, 1.165) is 13.5 Å². The van der Waals surface area contributed by atoms with E-state index in [0.29, 0.717) is 0 Å². The average molecular weight is 384 g/mol. The lowest BCUT2D eigenvalue weighted by atomic mass is 10.0. The summed E-state index contributed by atoms with van der Waals surface area (Å²) in [6.45, 7) is 4.27. The summed E-state index contributed by atoms with van der Waals surface area (Å²) in [6.07, 6.45) is 18.5. The fourth-order valence-electron chi connectivity index (χ4n) is 2.54. The van der Waals surface area contributed by atoms with Gasteiger partial charge in [0.2, 0.25) is 0 Å². The van der Waals surface area contributed by atoms with E-state index in [-0.39, 0.29) is 0 Å². The molecule has 0 aliphatic rings. The molecule has 154 valence electrons. The van der Waals surface area contributed by atoms with Gasteiger partial charge in [0.25, 0.3) is 0 Å². The Labute approximate surface area is 154 Å². The van der Waals surface area contributed by atoms with Gasteiger partial charge in [-0.25, -0.2) is 4.57 Å². The Bertz CT molecular complexity index is 283. The number of unbranched alkanes of at least 4 members (excludes halogenated alkanes) is 13. The molecule has 25 heavy (non-hydrogen) atoms. The first-order valence-electron chi connectivity index (χ1n) is 9.95. The Morgan fingerprint density at radius 2 is 1.12 bits per heavy atom. The standard InChI is InChI=1S/C16H35N.C2H7O5P/c1-2-3-4-5-6-7-8-9-10-11-12-13-14-15-16-17;1-2(3)7-8(4,5)6/h2-17H2,1H3;2-3H,1H3,(H2,4,5,6). The zero-order valence-electron chi connectivity index (χ0n) is 16.4. The zero-order chi connectivity index (χ0) is 19.4. The average Bonchev–Trinajstić information content (AvgIpc) is 2.50. The molecular weight excluding hydrogens is 341 g/mol. The molecular formula is C18H42NO5P. The Hall–Kier alpha value is 0.0300. The van der Waals surface area contributed by atoms with Gasteiger partial charge in [0.1, 0.15) is 0 Å². The van der Waals surface area contributed by atoms with Gasteiger partial charge in [0, 0.05) is 0 Å². The molecule has 7 heteroatoms. The number of phosphoric ester groups is 1. The maximum absolute atomic E-state index is 9.75. The van der Waals surface area contributed by atoms with E-state index in [9.17, 15) is 4.57 Å². The number of nitrogens with two attached hydrogens (primary N) is 1. The Kier molecular flexibility index (Phi) is 22.2. The van der Waals surface area contributed by atoms with Gasteiger partial charge >= 0.3 is 7.82 Å². The van der Waals surface area contributed by atoms with Crippen LogP contribution in [0.25, 0.3) is 0 Å². The van der Waals surface area contributed by atoms with Gasteiger partial charge in [-0.05, 0) is 19.9 Å². The molecule has 1 unspecified atom stereocenters. The van der Waals surface area contributed by atoms with E-state index in [4.69, 9.17) is 20.6 Å². The van der Waals surface area contributed by atoms with Crippen molar-refractivity contribution in [1.82, 2.24) is 0 Å². The zero-order valence-corrected chi connectivity index (χ0v) is 17.3. The van der Waals surface area contributed by atoms with Gasteiger partial charge in [0.05, 0.1) is 0 Å². The highest BCUT2D eigenvalue weighted by Crippen LogP contribution is 2.36. The summed E-state index contributed by atoms with van der Waals surface area (Å²) in [5.41, 5.74) is 5.47. The topological polar surface area (TPSA) is 113 Å². The van der Waals surface area contributed by atoms with Gasteiger partial charge in [-0.2, -0.15) is 0 Å². The molecule has 0 aromatic carbocycles. The highest BCUT2D eigenvalue weighted by Gasteiger charge is 2.16. The second-order valence-corrected chi connectivity index (χ2v) is 7.77. The summed E-state index contributed by atoms with van der Waals surface area (Å²) in [6, 6.07) is 0. The first-order valence-corrected chi connectivity index (χ1v) is 11.5. The van der Waals surface area contributed by atoms with E-state index in [1.807, 2.05) is 0 Å².